The molecule has 6 heteroatoms. The van der Waals surface area contributed by atoms with E-state index in [2.05, 4.69) is 0 Å². The second-order valence-electron chi connectivity index (χ2n) is 6.80. The number of halogens is 1. The van der Waals surface area contributed by atoms with Crippen LogP contribution in [0.4, 0.5) is 0 Å². The summed E-state index contributed by atoms with van der Waals surface area (Å²) in [5.41, 5.74) is 0.708. The summed E-state index contributed by atoms with van der Waals surface area (Å²) in [6.07, 6.45) is 3.18. The first kappa shape index (κ1) is 20.6. The Hall–Kier alpha value is -3.70. The molecule has 31 heavy (non-hydrogen) atoms. The molecule has 0 spiro atoms. The molecule has 0 N–H and O–H groups in total. The number of carbonyl (C=O) groups excluding carboxylic acids is 2. The van der Waals surface area contributed by atoms with Gasteiger partial charge in [0.05, 0.1) is 6.61 Å². The van der Waals surface area contributed by atoms with Gasteiger partial charge >= 0.3 is 11.6 Å². The number of benzene rings is 3. The van der Waals surface area contributed by atoms with E-state index in [1.807, 2.05) is 24.3 Å². The van der Waals surface area contributed by atoms with Crippen molar-refractivity contribution < 1.29 is 18.7 Å². The fourth-order valence-corrected chi connectivity index (χ4v) is 3.47. The van der Waals surface area contributed by atoms with Gasteiger partial charge in [0, 0.05) is 21.4 Å². The lowest BCUT2D eigenvalue weighted by molar-refractivity contribution is 0.0521. The van der Waals surface area contributed by atoms with Crippen molar-refractivity contribution in [3.8, 4) is 0 Å². The van der Waals surface area contributed by atoms with Gasteiger partial charge in [0.15, 0.2) is 5.78 Å². The molecular formula is C25H17ClO5. The maximum atomic E-state index is 12.5. The molecule has 0 atom stereocenters. The highest BCUT2D eigenvalue weighted by Gasteiger charge is 2.17. The van der Waals surface area contributed by atoms with Gasteiger partial charge in [-0.15, -0.1) is 0 Å². The molecule has 0 radical (unpaired) electrons. The molecule has 0 saturated carbocycles. The van der Waals surface area contributed by atoms with E-state index < -0.39 is 11.6 Å². The molecule has 3 aromatic carbocycles. The lowest BCUT2D eigenvalue weighted by atomic mass is 9.99. The minimum absolute atomic E-state index is 0.148. The van der Waals surface area contributed by atoms with E-state index in [4.69, 9.17) is 20.8 Å². The number of hydrogen-bond donors (Lipinski definition) is 0. The molecule has 0 saturated heterocycles. The smallest absolute Gasteiger partial charge is 0.351 e. The number of hydrogen-bond acceptors (Lipinski definition) is 5. The van der Waals surface area contributed by atoms with Crippen molar-refractivity contribution in [3.05, 3.63) is 98.9 Å². The third-order valence-electron chi connectivity index (χ3n) is 4.81. The van der Waals surface area contributed by atoms with Crippen molar-refractivity contribution in [2.75, 3.05) is 6.61 Å². The van der Waals surface area contributed by atoms with Gasteiger partial charge in [0.2, 0.25) is 0 Å². The Morgan fingerprint density at radius 3 is 2.45 bits per heavy atom. The summed E-state index contributed by atoms with van der Waals surface area (Å²) in [4.78, 5) is 37.0. The summed E-state index contributed by atoms with van der Waals surface area (Å²) in [6, 6.07) is 17.3. The largest absolute Gasteiger partial charge is 0.462 e. The molecule has 5 nitrogen and oxygen atoms in total. The van der Waals surface area contributed by atoms with Crippen molar-refractivity contribution >= 4 is 51.2 Å². The lowest BCUT2D eigenvalue weighted by Crippen LogP contribution is -2.16. The molecule has 0 fully saturated rings. The summed E-state index contributed by atoms with van der Waals surface area (Å²) in [5, 5.41) is 2.62. The topological polar surface area (TPSA) is 73.6 Å². The third kappa shape index (κ3) is 4.13. The summed E-state index contributed by atoms with van der Waals surface area (Å²) in [6.45, 7) is 1.81. The Kier molecular flexibility index (Phi) is 5.69. The fraction of sp³-hybridized carbons (Fsp3) is 0.0800. The molecule has 0 aliphatic rings. The van der Waals surface area contributed by atoms with Crippen LogP contribution in [-0.2, 0) is 4.74 Å². The molecule has 0 aliphatic carbocycles. The van der Waals surface area contributed by atoms with Gasteiger partial charge in [-0.3, -0.25) is 4.79 Å². The van der Waals surface area contributed by atoms with Crippen molar-refractivity contribution in [2.24, 2.45) is 0 Å². The van der Waals surface area contributed by atoms with Crippen LogP contribution < -0.4 is 5.63 Å². The van der Waals surface area contributed by atoms with Crippen LogP contribution in [0.2, 0.25) is 5.02 Å². The first-order chi connectivity index (χ1) is 15.0. The molecule has 1 heterocycles. The van der Waals surface area contributed by atoms with E-state index in [0.29, 0.717) is 26.9 Å². The highest BCUT2D eigenvalue weighted by molar-refractivity contribution is 6.30. The molecule has 0 unspecified atom stereocenters. The first-order valence-electron chi connectivity index (χ1n) is 9.62. The summed E-state index contributed by atoms with van der Waals surface area (Å²) in [5.74, 6) is -0.908. The highest BCUT2D eigenvalue weighted by Crippen LogP contribution is 2.29. The zero-order chi connectivity index (χ0) is 22.0. The van der Waals surface area contributed by atoms with Gasteiger partial charge in [-0.2, -0.15) is 0 Å². The fourth-order valence-electron chi connectivity index (χ4n) is 3.35. The maximum Gasteiger partial charge on any atom is 0.351 e. The second kappa shape index (κ2) is 8.58. The minimum atomic E-state index is -0.752. The Bertz CT molecular complexity index is 1400. The van der Waals surface area contributed by atoms with Crippen LogP contribution in [0.25, 0.3) is 27.8 Å². The van der Waals surface area contributed by atoms with Gasteiger partial charge in [-0.05, 0) is 60.3 Å². The monoisotopic (exact) mass is 432 g/mol. The van der Waals surface area contributed by atoms with Crippen molar-refractivity contribution in [3.63, 3.8) is 0 Å². The summed E-state index contributed by atoms with van der Waals surface area (Å²) in [7, 11) is 0. The van der Waals surface area contributed by atoms with Crippen molar-refractivity contribution in [1.82, 2.24) is 0 Å². The van der Waals surface area contributed by atoms with Gasteiger partial charge in [-0.1, -0.05) is 41.9 Å². The number of rotatable bonds is 5. The molecule has 1 aromatic heterocycles. The van der Waals surface area contributed by atoms with Crippen LogP contribution in [0.5, 0.6) is 0 Å². The van der Waals surface area contributed by atoms with Gasteiger partial charge < -0.3 is 9.15 Å². The molecule has 0 amide bonds. The maximum absolute atomic E-state index is 12.5. The normalized spacial score (nSPS) is 11.3. The number of carbonyl (C=O) groups is 2. The Morgan fingerprint density at radius 1 is 1.03 bits per heavy atom. The van der Waals surface area contributed by atoms with Crippen molar-refractivity contribution in [1.29, 1.82) is 0 Å². The van der Waals surface area contributed by atoms with E-state index in [9.17, 15) is 14.4 Å². The lowest BCUT2D eigenvalue weighted by Gasteiger charge is -2.08. The van der Waals surface area contributed by atoms with Gasteiger partial charge in [0.25, 0.3) is 0 Å². The quantitative estimate of drug-likeness (QED) is 0.133. The molecular weight excluding hydrogens is 416 g/mol. The Balaban J connectivity index is 1.84. The molecule has 4 aromatic rings. The average Bonchev–Trinajstić information content (AvgIpc) is 2.77. The number of fused-ring (bicyclic) bond motifs is 3. The number of ketones is 1. The Labute approximate surface area is 182 Å². The van der Waals surface area contributed by atoms with Crippen LogP contribution in [0.1, 0.15) is 33.2 Å². The molecule has 154 valence electrons. The molecule has 4 rings (SSSR count). The van der Waals surface area contributed by atoms with Crippen LogP contribution in [-0.4, -0.2) is 18.4 Å². The molecule has 0 bridgehead atoms. The zero-order valence-electron chi connectivity index (χ0n) is 16.6. The van der Waals surface area contributed by atoms with E-state index in [1.165, 1.54) is 12.1 Å². The third-order valence-corrected chi connectivity index (χ3v) is 5.06. The van der Waals surface area contributed by atoms with E-state index >= 15 is 0 Å². The van der Waals surface area contributed by atoms with Crippen LogP contribution in [0.3, 0.4) is 0 Å². The van der Waals surface area contributed by atoms with E-state index in [-0.39, 0.29) is 18.0 Å². The predicted molar refractivity (Wildman–Crippen MR) is 121 cm³/mol. The minimum Gasteiger partial charge on any atom is -0.462 e. The second-order valence-corrected chi connectivity index (χ2v) is 7.24. The first-order valence-corrected chi connectivity index (χ1v) is 10.0. The van der Waals surface area contributed by atoms with Gasteiger partial charge in [0.1, 0.15) is 11.1 Å². The van der Waals surface area contributed by atoms with E-state index in [0.717, 1.165) is 10.9 Å². The highest BCUT2D eigenvalue weighted by atomic mass is 35.5. The Morgan fingerprint density at radius 2 is 1.74 bits per heavy atom. The van der Waals surface area contributed by atoms with Crippen LogP contribution in [0.15, 0.2) is 76.0 Å². The van der Waals surface area contributed by atoms with Crippen LogP contribution in [0, 0.1) is 0 Å². The summed E-state index contributed by atoms with van der Waals surface area (Å²) >= 11 is 5.88. The number of ether oxygens (including phenoxy) is 1. The SMILES string of the molecule is CCOC(=O)c1cc2cc(/C=C/C(=O)c3ccc(Cl)cc3)c3ccccc3c2oc1=O. The van der Waals surface area contributed by atoms with Gasteiger partial charge in [-0.25, -0.2) is 9.59 Å². The number of allylic oxidation sites excluding steroid dienone is 1. The van der Waals surface area contributed by atoms with Crippen LogP contribution >= 0.6 is 11.6 Å². The zero-order valence-corrected chi connectivity index (χ0v) is 17.3. The number of esters is 1. The molecule has 0 aliphatic heterocycles. The average molecular weight is 433 g/mol. The van der Waals surface area contributed by atoms with Crippen molar-refractivity contribution in [2.45, 2.75) is 6.92 Å². The standard InChI is InChI=1S/C25H17ClO5/c1-2-30-24(28)21-14-17-13-16(9-12-22(27)15-7-10-18(26)11-8-15)19-5-3-4-6-20(19)23(17)31-25(21)29/h3-14H,2H2,1H3/b12-9+. The predicted octanol–water partition coefficient (Wildman–Crippen LogP) is 5.67. The van der Waals surface area contributed by atoms with E-state index in [1.54, 1.807) is 43.3 Å². The summed E-state index contributed by atoms with van der Waals surface area (Å²) < 4.78 is 10.4.